The van der Waals surface area contributed by atoms with E-state index in [4.69, 9.17) is 0 Å². The topological polar surface area (TPSA) is 34.1 Å². The third-order valence-electron chi connectivity index (χ3n) is 6.03. The Morgan fingerprint density at radius 1 is 0.833 bits per heavy atom. The van der Waals surface area contributed by atoms with Crippen LogP contribution >= 0.6 is 0 Å². The number of hydrogen-bond acceptors (Lipinski definition) is 2. The number of carbonyl (C=O) groups excluding carboxylic acids is 2. The lowest BCUT2D eigenvalue weighted by Gasteiger charge is -2.36. The molecule has 2 heteroatoms. The van der Waals surface area contributed by atoms with Crippen molar-refractivity contribution in [2.45, 2.75) is 52.4 Å². The minimum absolute atomic E-state index is 0.0847. The molecule has 0 bridgehead atoms. The van der Waals surface area contributed by atoms with Crippen LogP contribution < -0.4 is 0 Å². The van der Waals surface area contributed by atoms with Gasteiger partial charge in [-0.2, -0.15) is 0 Å². The molecule has 0 heterocycles. The molecule has 4 aliphatic carbocycles. The van der Waals surface area contributed by atoms with Gasteiger partial charge in [0, 0.05) is 11.5 Å². The van der Waals surface area contributed by atoms with E-state index in [1.807, 2.05) is 13.8 Å². The second kappa shape index (κ2) is 5.84. The van der Waals surface area contributed by atoms with Crippen LogP contribution in [0.15, 0.2) is 57.7 Å². The van der Waals surface area contributed by atoms with Gasteiger partial charge in [-0.1, -0.05) is 18.2 Å². The zero-order chi connectivity index (χ0) is 16.8. The Balaban J connectivity index is 1.93. The highest BCUT2D eigenvalue weighted by atomic mass is 16.1. The number of allylic oxidation sites excluding steroid dienone is 10. The summed E-state index contributed by atoms with van der Waals surface area (Å²) in [5.74, 6) is 0.900. The van der Waals surface area contributed by atoms with Crippen LogP contribution in [-0.2, 0) is 9.59 Å². The summed E-state index contributed by atoms with van der Waals surface area (Å²) >= 11 is 0. The van der Waals surface area contributed by atoms with E-state index in [-0.39, 0.29) is 17.6 Å². The van der Waals surface area contributed by atoms with Crippen LogP contribution in [0.5, 0.6) is 0 Å². The molecule has 4 rings (SSSR count). The highest BCUT2D eigenvalue weighted by molar-refractivity contribution is 6.11. The van der Waals surface area contributed by atoms with Crippen molar-refractivity contribution < 1.29 is 9.59 Å². The Labute approximate surface area is 143 Å². The summed E-state index contributed by atoms with van der Waals surface area (Å²) in [6, 6.07) is 0. The van der Waals surface area contributed by atoms with E-state index >= 15 is 0 Å². The predicted octanol–water partition coefficient (Wildman–Crippen LogP) is 4.79. The SMILES string of the molecule is CC1=C/C(=C2/C=C(C)C(=O)[C@@H]3CC=CCC23)C2=C(CCCC2)C1=O. The number of hydrogen-bond donors (Lipinski definition) is 0. The third kappa shape index (κ3) is 2.31. The van der Waals surface area contributed by atoms with Gasteiger partial charge in [-0.25, -0.2) is 0 Å². The first kappa shape index (κ1) is 15.6. The van der Waals surface area contributed by atoms with Crippen LogP contribution in [-0.4, -0.2) is 11.6 Å². The second-order valence-corrected chi connectivity index (χ2v) is 7.54. The number of ketones is 2. The molecule has 0 saturated heterocycles. The maximum absolute atomic E-state index is 12.6. The fourth-order valence-corrected chi connectivity index (χ4v) is 4.75. The van der Waals surface area contributed by atoms with Crippen LogP contribution in [0, 0.1) is 11.8 Å². The molecule has 0 aromatic rings. The Morgan fingerprint density at radius 2 is 1.50 bits per heavy atom. The quantitative estimate of drug-likeness (QED) is 0.601. The molecule has 124 valence electrons. The highest BCUT2D eigenvalue weighted by Gasteiger charge is 2.37. The summed E-state index contributed by atoms with van der Waals surface area (Å²) in [5.41, 5.74) is 6.56. The predicted molar refractivity (Wildman–Crippen MR) is 95.4 cm³/mol. The van der Waals surface area contributed by atoms with Crippen molar-refractivity contribution in [3.05, 3.63) is 57.7 Å². The molecule has 0 aliphatic heterocycles. The van der Waals surface area contributed by atoms with Crippen molar-refractivity contribution in [2.75, 3.05) is 0 Å². The molecule has 0 aromatic heterocycles. The lowest BCUT2D eigenvalue weighted by Crippen LogP contribution is -2.32. The molecule has 0 amide bonds. The van der Waals surface area contributed by atoms with E-state index in [0.717, 1.165) is 55.2 Å². The molecule has 0 N–H and O–H groups in total. The maximum Gasteiger partial charge on any atom is 0.185 e. The lowest BCUT2D eigenvalue weighted by atomic mass is 9.67. The lowest BCUT2D eigenvalue weighted by molar-refractivity contribution is -0.120. The number of carbonyl (C=O) groups is 2. The molecule has 2 nitrogen and oxygen atoms in total. The first-order chi connectivity index (χ1) is 11.6. The molecule has 0 saturated carbocycles. The van der Waals surface area contributed by atoms with Gasteiger partial charge in [0.05, 0.1) is 0 Å². The zero-order valence-electron chi connectivity index (χ0n) is 14.5. The van der Waals surface area contributed by atoms with E-state index < -0.39 is 0 Å². The molecule has 0 fully saturated rings. The molecule has 0 aromatic carbocycles. The summed E-state index contributed by atoms with van der Waals surface area (Å²) in [6.07, 6.45) is 14.5. The molecule has 1 unspecified atom stereocenters. The summed E-state index contributed by atoms with van der Waals surface area (Å²) < 4.78 is 0. The van der Waals surface area contributed by atoms with Crippen LogP contribution in [0.1, 0.15) is 52.4 Å². The molecular formula is C22H24O2. The van der Waals surface area contributed by atoms with Crippen LogP contribution in [0.3, 0.4) is 0 Å². The van der Waals surface area contributed by atoms with E-state index in [1.54, 1.807) is 0 Å². The van der Waals surface area contributed by atoms with Crippen molar-refractivity contribution in [1.82, 2.24) is 0 Å². The Bertz CT molecular complexity index is 783. The molecule has 0 radical (unpaired) electrons. The fourth-order valence-electron chi connectivity index (χ4n) is 4.75. The van der Waals surface area contributed by atoms with Gasteiger partial charge in [-0.3, -0.25) is 9.59 Å². The van der Waals surface area contributed by atoms with Gasteiger partial charge in [-0.05, 0) is 92.2 Å². The first-order valence-electron chi connectivity index (χ1n) is 9.15. The fraction of sp³-hybridized carbons (Fsp3) is 0.455. The van der Waals surface area contributed by atoms with Crippen molar-refractivity contribution in [2.24, 2.45) is 11.8 Å². The third-order valence-corrected chi connectivity index (χ3v) is 6.03. The first-order valence-corrected chi connectivity index (χ1v) is 9.15. The normalized spacial score (nSPS) is 33.1. The largest absolute Gasteiger partial charge is 0.294 e. The van der Waals surface area contributed by atoms with Gasteiger partial charge in [-0.15, -0.1) is 0 Å². The molecule has 2 atom stereocenters. The molecular weight excluding hydrogens is 296 g/mol. The molecule has 4 aliphatic rings. The Kier molecular flexibility index (Phi) is 3.79. The van der Waals surface area contributed by atoms with Crippen LogP contribution in [0.4, 0.5) is 0 Å². The summed E-state index contributed by atoms with van der Waals surface area (Å²) in [5, 5.41) is 0. The average molecular weight is 320 g/mol. The summed E-state index contributed by atoms with van der Waals surface area (Å²) in [4.78, 5) is 25.1. The zero-order valence-corrected chi connectivity index (χ0v) is 14.5. The Hall–Kier alpha value is -1.96. The van der Waals surface area contributed by atoms with Crippen molar-refractivity contribution >= 4 is 11.6 Å². The number of fused-ring (bicyclic) bond motifs is 1. The van der Waals surface area contributed by atoms with E-state index in [2.05, 4.69) is 24.3 Å². The van der Waals surface area contributed by atoms with Gasteiger partial charge in [0.1, 0.15) is 0 Å². The van der Waals surface area contributed by atoms with E-state index in [0.29, 0.717) is 5.78 Å². The number of Topliss-reactive ketones (excluding diaryl/α,β-unsaturated/α-hetero) is 2. The van der Waals surface area contributed by atoms with Gasteiger partial charge in [0.15, 0.2) is 11.6 Å². The standard InChI is InChI=1S/C22H24O2/c1-13-11-19(15-7-3-5-9-17(15)21(13)23)20-12-14(2)22(24)18-10-6-4-8-16(18)20/h3,5,11-12,15,17H,4,6-10H2,1-2H3/b20-19+/t15?,17-/m1/s1. The van der Waals surface area contributed by atoms with Gasteiger partial charge >= 0.3 is 0 Å². The number of rotatable bonds is 0. The van der Waals surface area contributed by atoms with Crippen molar-refractivity contribution in [1.29, 1.82) is 0 Å². The smallest absolute Gasteiger partial charge is 0.185 e. The van der Waals surface area contributed by atoms with Crippen molar-refractivity contribution in [3.63, 3.8) is 0 Å². The summed E-state index contributed by atoms with van der Waals surface area (Å²) in [6.45, 7) is 3.88. The maximum atomic E-state index is 12.6. The van der Waals surface area contributed by atoms with Gasteiger partial charge in [0.2, 0.25) is 0 Å². The van der Waals surface area contributed by atoms with Crippen LogP contribution in [0.25, 0.3) is 0 Å². The van der Waals surface area contributed by atoms with Crippen LogP contribution in [0.2, 0.25) is 0 Å². The summed E-state index contributed by atoms with van der Waals surface area (Å²) in [7, 11) is 0. The van der Waals surface area contributed by atoms with Crippen molar-refractivity contribution in [3.8, 4) is 0 Å². The van der Waals surface area contributed by atoms with E-state index in [9.17, 15) is 9.59 Å². The molecule has 24 heavy (non-hydrogen) atoms. The minimum Gasteiger partial charge on any atom is -0.294 e. The van der Waals surface area contributed by atoms with E-state index in [1.165, 1.54) is 16.7 Å². The molecule has 0 spiro atoms. The second-order valence-electron chi connectivity index (χ2n) is 7.54. The minimum atomic E-state index is 0.0847. The van der Waals surface area contributed by atoms with Gasteiger partial charge < -0.3 is 0 Å². The monoisotopic (exact) mass is 320 g/mol. The average Bonchev–Trinajstić information content (AvgIpc) is 2.61. The Morgan fingerprint density at radius 3 is 2.25 bits per heavy atom. The highest BCUT2D eigenvalue weighted by Crippen LogP contribution is 2.45. The van der Waals surface area contributed by atoms with Gasteiger partial charge in [0.25, 0.3) is 0 Å².